The van der Waals surface area contributed by atoms with Crippen LogP contribution in [0.2, 0.25) is 0 Å². The van der Waals surface area contributed by atoms with Crippen LogP contribution in [0.1, 0.15) is 26.2 Å². The van der Waals surface area contributed by atoms with Gasteiger partial charge in [0, 0.05) is 31.7 Å². The molecule has 0 radical (unpaired) electrons. The van der Waals surface area contributed by atoms with Gasteiger partial charge in [-0.15, -0.1) is 0 Å². The molecule has 1 atom stereocenters. The van der Waals surface area contributed by atoms with E-state index < -0.39 is 35.7 Å². The molecule has 0 fully saturated rings. The van der Waals surface area contributed by atoms with Crippen LogP contribution in [0.15, 0.2) is 12.2 Å². The normalized spacial score (nSPS) is 14.0. The van der Waals surface area contributed by atoms with Crippen LogP contribution in [-0.4, -0.2) is 66.0 Å². The Morgan fingerprint density at radius 1 is 1.11 bits per heavy atom. The van der Waals surface area contributed by atoms with Gasteiger partial charge in [0.1, 0.15) is 11.8 Å². The van der Waals surface area contributed by atoms with E-state index >= 15 is 0 Å². The maximum atomic E-state index is 12.2. The molecule has 1 aliphatic heterocycles. The van der Waals surface area contributed by atoms with Crippen LogP contribution in [-0.2, 0) is 24.0 Å². The summed E-state index contributed by atoms with van der Waals surface area (Å²) in [5.41, 5.74) is 4.95. The zero-order valence-corrected chi connectivity index (χ0v) is 14.9. The third kappa shape index (κ3) is 8.12. The lowest BCUT2D eigenvalue weighted by Gasteiger charge is -2.19. The Morgan fingerprint density at radius 3 is 2.30 bits per heavy atom. The molecule has 0 aliphatic carbocycles. The Kier molecular flexibility index (Phi) is 8.63. The van der Waals surface area contributed by atoms with Crippen molar-refractivity contribution in [2.24, 2.45) is 5.73 Å². The predicted octanol–water partition coefficient (Wildman–Crippen LogP) is -2.06. The SMILES string of the molecule is CC(=O)CNC(=O)C(CCCNC(N)=O)NC(=O)CCN1C(=O)C=CC1=O. The number of carbonyl (C=O) groups is 6. The number of hydrogen-bond donors (Lipinski definition) is 4. The standard InChI is InChI=1S/C16H23N5O6/c1-10(22)9-19-15(26)11(3-2-7-18-16(17)27)20-12(23)6-8-21-13(24)4-5-14(21)25/h4-5,11H,2-3,6-9H2,1H3,(H,19,26)(H,20,23)(H3,17,18,27). The van der Waals surface area contributed by atoms with Gasteiger partial charge in [0.2, 0.25) is 11.8 Å². The number of ketones is 1. The number of nitrogens with zero attached hydrogens (tertiary/aromatic N) is 1. The van der Waals surface area contributed by atoms with Crippen LogP contribution < -0.4 is 21.7 Å². The minimum atomic E-state index is -0.936. The minimum Gasteiger partial charge on any atom is -0.352 e. The maximum Gasteiger partial charge on any atom is 0.312 e. The number of imide groups is 1. The van der Waals surface area contributed by atoms with Crippen molar-refractivity contribution in [2.45, 2.75) is 32.2 Å². The second kappa shape index (κ2) is 10.7. The molecular formula is C16H23N5O6. The lowest BCUT2D eigenvalue weighted by molar-refractivity contribution is -0.137. The first-order chi connectivity index (χ1) is 12.7. The summed E-state index contributed by atoms with van der Waals surface area (Å²) in [6.45, 7) is 1.24. The molecule has 148 valence electrons. The van der Waals surface area contributed by atoms with Gasteiger partial charge in [0.25, 0.3) is 11.8 Å². The summed E-state index contributed by atoms with van der Waals surface area (Å²) in [5.74, 6) is -2.33. The fourth-order valence-corrected chi connectivity index (χ4v) is 2.25. The highest BCUT2D eigenvalue weighted by Gasteiger charge is 2.25. The van der Waals surface area contributed by atoms with E-state index in [9.17, 15) is 28.8 Å². The van der Waals surface area contributed by atoms with E-state index in [4.69, 9.17) is 5.73 Å². The monoisotopic (exact) mass is 381 g/mol. The van der Waals surface area contributed by atoms with Gasteiger partial charge in [-0.25, -0.2) is 4.79 Å². The number of hydrogen-bond acceptors (Lipinski definition) is 6. The molecule has 0 saturated carbocycles. The molecule has 0 aromatic rings. The molecule has 1 unspecified atom stereocenters. The van der Waals surface area contributed by atoms with Crippen LogP contribution in [0.25, 0.3) is 0 Å². The van der Waals surface area contributed by atoms with E-state index in [2.05, 4.69) is 16.0 Å². The summed E-state index contributed by atoms with van der Waals surface area (Å²) in [4.78, 5) is 69.7. The van der Waals surface area contributed by atoms with E-state index in [1.165, 1.54) is 6.92 Å². The summed E-state index contributed by atoms with van der Waals surface area (Å²) in [6.07, 6.45) is 2.61. The average molecular weight is 381 g/mol. The summed E-state index contributed by atoms with van der Waals surface area (Å²) in [6, 6.07) is -1.64. The molecule has 1 heterocycles. The highest BCUT2D eigenvalue weighted by atomic mass is 16.2. The van der Waals surface area contributed by atoms with E-state index in [0.29, 0.717) is 6.42 Å². The molecule has 11 nitrogen and oxygen atoms in total. The Bertz CT molecular complexity index is 642. The van der Waals surface area contributed by atoms with Crippen molar-refractivity contribution in [3.63, 3.8) is 0 Å². The number of rotatable bonds is 11. The molecule has 27 heavy (non-hydrogen) atoms. The molecule has 11 heteroatoms. The topological polar surface area (TPSA) is 168 Å². The lowest BCUT2D eigenvalue weighted by Crippen LogP contribution is -2.48. The number of nitrogens with one attached hydrogen (secondary N) is 3. The molecule has 0 saturated heterocycles. The van der Waals surface area contributed by atoms with Crippen molar-refractivity contribution in [1.29, 1.82) is 0 Å². The predicted molar refractivity (Wildman–Crippen MR) is 92.9 cm³/mol. The zero-order chi connectivity index (χ0) is 20.4. The van der Waals surface area contributed by atoms with Crippen LogP contribution in [0, 0.1) is 0 Å². The highest BCUT2D eigenvalue weighted by Crippen LogP contribution is 2.05. The quantitative estimate of drug-likeness (QED) is 0.237. The zero-order valence-electron chi connectivity index (χ0n) is 14.9. The van der Waals surface area contributed by atoms with Crippen LogP contribution >= 0.6 is 0 Å². The summed E-state index contributed by atoms with van der Waals surface area (Å²) in [7, 11) is 0. The number of nitrogens with two attached hydrogens (primary N) is 1. The van der Waals surface area contributed by atoms with Gasteiger partial charge in [-0.2, -0.15) is 0 Å². The summed E-state index contributed by atoms with van der Waals surface area (Å²) in [5, 5.41) is 7.28. The second-order valence-corrected chi connectivity index (χ2v) is 5.88. The van der Waals surface area contributed by atoms with Gasteiger partial charge in [0.05, 0.1) is 6.54 Å². The van der Waals surface area contributed by atoms with Crippen molar-refractivity contribution < 1.29 is 28.8 Å². The fourth-order valence-electron chi connectivity index (χ4n) is 2.25. The van der Waals surface area contributed by atoms with Crippen LogP contribution in [0.4, 0.5) is 4.79 Å². The second-order valence-electron chi connectivity index (χ2n) is 5.88. The van der Waals surface area contributed by atoms with Crippen LogP contribution in [0.5, 0.6) is 0 Å². The Balaban J connectivity index is 2.54. The van der Waals surface area contributed by atoms with Gasteiger partial charge < -0.3 is 21.7 Å². The molecule has 0 spiro atoms. The van der Waals surface area contributed by atoms with E-state index in [0.717, 1.165) is 17.1 Å². The first-order valence-corrected chi connectivity index (χ1v) is 8.34. The molecule has 1 rings (SSSR count). The Hall–Kier alpha value is -3.24. The van der Waals surface area contributed by atoms with Crippen molar-refractivity contribution in [2.75, 3.05) is 19.6 Å². The largest absolute Gasteiger partial charge is 0.352 e. The third-order valence-corrected chi connectivity index (χ3v) is 3.60. The molecule has 6 amide bonds. The van der Waals surface area contributed by atoms with Crippen LogP contribution in [0.3, 0.4) is 0 Å². The third-order valence-electron chi connectivity index (χ3n) is 3.60. The van der Waals surface area contributed by atoms with E-state index in [1.54, 1.807) is 0 Å². The number of Topliss-reactive ketones (excluding diaryl/α,β-unsaturated/α-hetero) is 1. The number of amides is 6. The number of carbonyl (C=O) groups excluding carboxylic acids is 6. The maximum absolute atomic E-state index is 12.2. The molecule has 0 aromatic heterocycles. The average Bonchev–Trinajstić information content (AvgIpc) is 2.91. The molecule has 0 bridgehead atoms. The highest BCUT2D eigenvalue weighted by molar-refractivity contribution is 6.13. The van der Waals surface area contributed by atoms with Gasteiger partial charge in [-0.1, -0.05) is 0 Å². The van der Waals surface area contributed by atoms with Gasteiger partial charge in [-0.3, -0.25) is 28.9 Å². The van der Waals surface area contributed by atoms with Crippen molar-refractivity contribution in [1.82, 2.24) is 20.9 Å². The summed E-state index contributed by atoms with van der Waals surface area (Å²) < 4.78 is 0. The van der Waals surface area contributed by atoms with Gasteiger partial charge in [0.15, 0.2) is 0 Å². The Labute approximate surface area is 155 Å². The van der Waals surface area contributed by atoms with E-state index in [1.807, 2.05) is 0 Å². The minimum absolute atomic E-state index is 0.110. The first-order valence-electron chi connectivity index (χ1n) is 8.34. The molecule has 0 aromatic carbocycles. The lowest BCUT2D eigenvalue weighted by atomic mass is 10.1. The van der Waals surface area contributed by atoms with Crippen molar-refractivity contribution in [3.8, 4) is 0 Å². The van der Waals surface area contributed by atoms with Gasteiger partial charge >= 0.3 is 6.03 Å². The summed E-state index contributed by atoms with van der Waals surface area (Å²) >= 11 is 0. The first kappa shape index (κ1) is 21.8. The Morgan fingerprint density at radius 2 is 1.74 bits per heavy atom. The fraction of sp³-hybridized carbons (Fsp3) is 0.500. The number of urea groups is 1. The van der Waals surface area contributed by atoms with E-state index in [-0.39, 0.29) is 38.3 Å². The number of primary amides is 1. The van der Waals surface area contributed by atoms with Crippen molar-refractivity contribution >= 4 is 35.4 Å². The smallest absolute Gasteiger partial charge is 0.312 e. The molecule has 1 aliphatic rings. The molecule has 5 N–H and O–H groups in total. The molecular weight excluding hydrogens is 358 g/mol. The van der Waals surface area contributed by atoms with Crippen molar-refractivity contribution in [3.05, 3.63) is 12.2 Å². The van der Waals surface area contributed by atoms with Gasteiger partial charge in [-0.05, 0) is 19.8 Å².